The number of alkyl halides is 3. The number of ether oxygens (including phenoxy) is 2. The van der Waals surface area contributed by atoms with Crippen molar-refractivity contribution in [2.75, 3.05) is 26.3 Å². The van der Waals surface area contributed by atoms with Crippen LogP contribution in [-0.4, -0.2) is 74.9 Å². The molecule has 4 rings (SSSR count). The van der Waals surface area contributed by atoms with Gasteiger partial charge in [0, 0.05) is 31.1 Å². The van der Waals surface area contributed by atoms with Crippen molar-refractivity contribution in [2.45, 2.75) is 31.0 Å². The Kier molecular flexibility index (Phi) is 7.79. The number of hydrogen-bond acceptors (Lipinski definition) is 7. The third-order valence-electron chi connectivity index (χ3n) is 5.50. The Morgan fingerprint density at radius 2 is 2.00 bits per heavy atom. The number of rotatable bonds is 4. The molecule has 0 bridgehead atoms. The lowest BCUT2D eigenvalue weighted by molar-refractivity contribution is -0.192. The highest BCUT2D eigenvalue weighted by Gasteiger charge is 2.48. The van der Waals surface area contributed by atoms with Crippen molar-refractivity contribution < 1.29 is 37.3 Å². The second-order valence-corrected chi connectivity index (χ2v) is 7.62. The summed E-state index contributed by atoms with van der Waals surface area (Å²) in [4.78, 5) is 35.7. The number of carbonyl (C=O) groups excluding carboxylic acids is 1. The van der Waals surface area contributed by atoms with Crippen LogP contribution in [0.1, 0.15) is 29.8 Å². The summed E-state index contributed by atoms with van der Waals surface area (Å²) in [5.41, 5.74) is 0.0453. The number of nitrogens with zero attached hydrogens (tertiary/aromatic N) is 4. The normalized spacial score (nSPS) is 22.4. The Morgan fingerprint density at radius 3 is 2.64 bits per heavy atom. The number of hydrogen-bond donors (Lipinski definition) is 1. The smallest absolute Gasteiger partial charge is 0.490 e. The van der Waals surface area contributed by atoms with Crippen molar-refractivity contribution in [3.63, 3.8) is 0 Å². The minimum absolute atomic E-state index is 0.0837. The Hall–Kier alpha value is -3.28. The lowest BCUT2D eigenvalue weighted by atomic mass is 9.89. The molecule has 1 saturated carbocycles. The number of morpholine rings is 1. The molecule has 2 aliphatic rings. The largest absolute Gasteiger partial charge is 0.492 e. The average molecular weight is 468 g/mol. The maximum atomic E-state index is 12.8. The highest BCUT2D eigenvalue weighted by atomic mass is 19.4. The summed E-state index contributed by atoms with van der Waals surface area (Å²) < 4.78 is 43.9. The molecule has 2 aromatic rings. The van der Waals surface area contributed by atoms with Crippen molar-refractivity contribution in [3.8, 4) is 5.75 Å². The first-order valence-corrected chi connectivity index (χ1v) is 10.2. The third-order valence-corrected chi connectivity index (χ3v) is 5.50. The number of carbonyl (C=O) groups is 2. The molecule has 2 atom stereocenters. The molecular weight excluding hydrogens is 445 g/mol. The Bertz CT molecular complexity index is 933. The van der Waals surface area contributed by atoms with Crippen molar-refractivity contribution in [1.29, 1.82) is 0 Å². The van der Waals surface area contributed by atoms with Crippen LogP contribution in [-0.2, 0) is 9.53 Å². The van der Waals surface area contributed by atoms with E-state index in [1.807, 2.05) is 17.0 Å². The summed E-state index contributed by atoms with van der Waals surface area (Å²) in [5.74, 6) is -1.83. The fourth-order valence-corrected chi connectivity index (χ4v) is 3.93. The maximum Gasteiger partial charge on any atom is 0.490 e. The van der Waals surface area contributed by atoms with Crippen LogP contribution in [0.15, 0.2) is 43.1 Å². The van der Waals surface area contributed by atoms with Gasteiger partial charge in [-0.1, -0.05) is 0 Å². The molecule has 1 saturated heterocycles. The van der Waals surface area contributed by atoms with Gasteiger partial charge in [0.25, 0.3) is 5.91 Å². The number of halogens is 3. The summed E-state index contributed by atoms with van der Waals surface area (Å²) in [7, 11) is 0. The van der Waals surface area contributed by atoms with Crippen LogP contribution in [0.4, 0.5) is 13.2 Å². The van der Waals surface area contributed by atoms with Gasteiger partial charge < -0.3 is 19.5 Å². The van der Waals surface area contributed by atoms with Crippen LogP contribution < -0.4 is 4.74 Å². The first kappa shape index (κ1) is 24.4. The molecule has 9 nitrogen and oxygen atoms in total. The van der Waals surface area contributed by atoms with Crippen molar-refractivity contribution in [3.05, 3.63) is 48.8 Å². The monoisotopic (exact) mass is 468 g/mol. The fraction of sp³-hybridized carbons (Fsp3) is 0.476. The highest BCUT2D eigenvalue weighted by molar-refractivity contribution is 5.92. The van der Waals surface area contributed by atoms with E-state index in [9.17, 15) is 18.0 Å². The summed E-state index contributed by atoms with van der Waals surface area (Å²) >= 11 is 0. The van der Waals surface area contributed by atoms with Crippen LogP contribution in [0.3, 0.4) is 0 Å². The summed E-state index contributed by atoms with van der Waals surface area (Å²) in [6.45, 7) is 2.26. The molecule has 0 unspecified atom stereocenters. The van der Waals surface area contributed by atoms with Crippen LogP contribution in [0.5, 0.6) is 5.75 Å². The lowest BCUT2D eigenvalue weighted by Gasteiger charge is -2.43. The van der Waals surface area contributed by atoms with Crippen LogP contribution >= 0.6 is 0 Å². The minimum atomic E-state index is -5.08. The quantitative estimate of drug-likeness (QED) is 0.728. The Labute approximate surface area is 187 Å². The molecule has 1 aliphatic heterocycles. The van der Waals surface area contributed by atoms with E-state index < -0.39 is 12.1 Å². The maximum absolute atomic E-state index is 12.8. The van der Waals surface area contributed by atoms with E-state index in [0.29, 0.717) is 32.0 Å². The second-order valence-electron chi connectivity index (χ2n) is 7.62. The van der Waals surface area contributed by atoms with Crippen molar-refractivity contribution in [1.82, 2.24) is 19.9 Å². The molecule has 2 fully saturated rings. The van der Waals surface area contributed by atoms with Gasteiger partial charge in [0.2, 0.25) is 0 Å². The number of carboxylic acid groups (broad SMARTS) is 1. The predicted octanol–water partition coefficient (Wildman–Crippen LogP) is 2.60. The summed E-state index contributed by atoms with van der Waals surface area (Å²) in [6.07, 6.45) is 6.05. The van der Waals surface area contributed by atoms with E-state index in [-0.39, 0.29) is 17.4 Å². The zero-order valence-electron chi connectivity index (χ0n) is 17.6. The molecule has 3 heterocycles. The molecule has 2 aromatic heterocycles. The summed E-state index contributed by atoms with van der Waals surface area (Å²) in [5, 5.41) is 7.12. The number of aliphatic carboxylic acids is 1. The van der Waals surface area contributed by atoms with Gasteiger partial charge in [-0.25, -0.2) is 9.78 Å². The molecule has 178 valence electrons. The van der Waals surface area contributed by atoms with Crippen LogP contribution in [0, 0.1) is 5.92 Å². The van der Waals surface area contributed by atoms with Gasteiger partial charge in [-0.3, -0.25) is 14.8 Å². The molecule has 33 heavy (non-hydrogen) atoms. The number of aromatic nitrogens is 3. The lowest BCUT2D eigenvalue weighted by Crippen LogP contribution is -2.56. The van der Waals surface area contributed by atoms with Gasteiger partial charge in [-0.15, -0.1) is 0 Å². The van der Waals surface area contributed by atoms with Gasteiger partial charge in [0.1, 0.15) is 11.4 Å². The standard InChI is InChI=1S/C19H22N4O3.C2HF3O2/c24-18(17-12-21-7-8-22-17)23-9-10-26-19(14-23)5-1-3-15(19)13-25-16-4-2-6-20-11-16;3-2(4,5)1(6)7/h2,4,6-8,11-12,15H,1,3,5,9-10,13-14H2;(H,6,7)/t15-,19-;/m1./s1. The molecule has 0 radical (unpaired) electrons. The molecule has 1 aliphatic carbocycles. The zero-order chi connectivity index (χ0) is 23.9. The Balaban J connectivity index is 0.000000383. The third kappa shape index (κ3) is 6.37. The van der Waals surface area contributed by atoms with Gasteiger partial charge in [-0.05, 0) is 31.4 Å². The van der Waals surface area contributed by atoms with E-state index in [1.165, 1.54) is 6.20 Å². The Morgan fingerprint density at radius 1 is 1.24 bits per heavy atom. The van der Waals surface area contributed by atoms with Crippen LogP contribution in [0.2, 0.25) is 0 Å². The SMILES string of the molecule is O=C(O)C(F)(F)F.O=C(c1cnccn1)N1CCO[C@]2(CCC[C@@H]2COc2cccnc2)C1. The van der Waals surface area contributed by atoms with E-state index in [2.05, 4.69) is 15.0 Å². The summed E-state index contributed by atoms with van der Waals surface area (Å²) in [6, 6.07) is 3.76. The fourth-order valence-electron chi connectivity index (χ4n) is 3.93. The van der Waals surface area contributed by atoms with E-state index in [4.69, 9.17) is 19.4 Å². The highest BCUT2D eigenvalue weighted by Crippen LogP contribution is 2.41. The average Bonchev–Trinajstić information content (AvgIpc) is 3.19. The van der Waals surface area contributed by atoms with E-state index in [0.717, 1.165) is 25.0 Å². The van der Waals surface area contributed by atoms with Gasteiger partial charge in [0.05, 0.1) is 37.8 Å². The van der Waals surface area contributed by atoms with Crippen molar-refractivity contribution in [2.24, 2.45) is 5.92 Å². The van der Waals surface area contributed by atoms with Gasteiger partial charge >= 0.3 is 12.1 Å². The van der Waals surface area contributed by atoms with Crippen LogP contribution in [0.25, 0.3) is 0 Å². The molecule has 1 amide bonds. The molecule has 1 N–H and O–H groups in total. The topological polar surface area (TPSA) is 115 Å². The second kappa shape index (κ2) is 10.6. The first-order chi connectivity index (χ1) is 15.7. The molecular formula is C21H23F3N4O5. The van der Waals surface area contributed by atoms with Gasteiger partial charge in [0.15, 0.2) is 0 Å². The van der Waals surface area contributed by atoms with E-state index in [1.54, 1.807) is 24.8 Å². The van der Waals surface area contributed by atoms with Gasteiger partial charge in [-0.2, -0.15) is 13.2 Å². The number of pyridine rings is 1. The molecule has 0 aromatic carbocycles. The first-order valence-electron chi connectivity index (χ1n) is 10.2. The minimum Gasteiger partial charge on any atom is -0.492 e. The van der Waals surface area contributed by atoms with E-state index >= 15 is 0 Å². The molecule has 12 heteroatoms. The zero-order valence-corrected chi connectivity index (χ0v) is 17.6. The van der Waals surface area contributed by atoms with Crippen molar-refractivity contribution >= 4 is 11.9 Å². The predicted molar refractivity (Wildman–Crippen MR) is 107 cm³/mol. The number of amides is 1. The molecule has 1 spiro atoms. The number of carboxylic acids is 1.